The zero-order valence-electron chi connectivity index (χ0n) is 5.84. The molecular weight excluding hydrogens is 126 g/mol. The molecule has 0 aliphatic heterocycles. The number of hydrogen-bond acceptors (Lipinski definition) is 2. The van der Waals surface area contributed by atoms with Gasteiger partial charge in [0.2, 0.25) is 0 Å². The summed E-state index contributed by atoms with van der Waals surface area (Å²) in [7, 11) is 0. The van der Waals surface area contributed by atoms with E-state index in [0.29, 0.717) is 5.57 Å². The van der Waals surface area contributed by atoms with Crippen LogP contribution in [-0.4, -0.2) is 12.3 Å². The van der Waals surface area contributed by atoms with E-state index in [2.05, 4.69) is 13.2 Å². The maximum atomic E-state index is 10.7. The lowest BCUT2D eigenvalue weighted by atomic mass is 10.2. The fourth-order valence-electron chi connectivity index (χ4n) is 0.408. The molecule has 0 fully saturated rings. The molecule has 0 bridgehead atoms. The first-order valence-corrected chi connectivity index (χ1v) is 2.93. The first-order valence-electron chi connectivity index (χ1n) is 2.93. The number of carbonyl (C=O) groups is 1. The van der Waals surface area contributed by atoms with Crippen molar-refractivity contribution in [2.24, 2.45) is 5.73 Å². The van der Waals surface area contributed by atoms with Crippen LogP contribution in [0.4, 0.5) is 0 Å². The molecule has 0 aromatic rings. The average Bonchev–Trinajstić information content (AvgIpc) is 1.98. The molecule has 0 aliphatic rings. The molecule has 0 aromatic heterocycles. The molecule has 10 heavy (non-hydrogen) atoms. The second-order valence-electron chi connectivity index (χ2n) is 1.75. The smallest absolute Gasteiger partial charge is 0.175 e. The molecule has 0 saturated heterocycles. The zero-order valence-corrected chi connectivity index (χ0v) is 5.84. The van der Waals surface area contributed by atoms with Gasteiger partial charge in [-0.05, 0) is 0 Å². The van der Waals surface area contributed by atoms with Crippen molar-refractivity contribution in [2.45, 2.75) is 0 Å². The fourth-order valence-corrected chi connectivity index (χ4v) is 0.408. The van der Waals surface area contributed by atoms with Crippen molar-refractivity contribution in [3.8, 4) is 0 Å². The second-order valence-corrected chi connectivity index (χ2v) is 1.75. The van der Waals surface area contributed by atoms with Gasteiger partial charge in [0.1, 0.15) is 0 Å². The minimum Gasteiger partial charge on any atom is -0.324 e. The molecule has 0 spiro atoms. The highest BCUT2D eigenvalue weighted by molar-refractivity contribution is 5.98. The predicted octanol–water partition coefficient (Wildman–Crippen LogP) is 0.813. The number of ketones is 1. The van der Waals surface area contributed by atoms with Gasteiger partial charge in [-0.2, -0.15) is 0 Å². The lowest BCUT2D eigenvalue weighted by Crippen LogP contribution is -2.13. The molecule has 0 unspecified atom stereocenters. The Morgan fingerprint density at radius 1 is 1.60 bits per heavy atom. The molecule has 0 aromatic carbocycles. The van der Waals surface area contributed by atoms with Gasteiger partial charge < -0.3 is 5.73 Å². The molecule has 54 valence electrons. The molecule has 0 aliphatic carbocycles. The number of rotatable bonds is 4. The molecule has 2 N–H and O–H groups in total. The van der Waals surface area contributed by atoms with Crippen molar-refractivity contribution in [2.75, 3.05) is 6.54 Å². The van der Waals surface area contributed by atoms with Crippen LogP contribution >= 0.6 is 0 Å². The topological polar surface area (TPSA) is 43.1 Å². The third kappa shape index (κ3) is 2.99. The molecule has 0 amide bonds. The summed E-state index contributed by atoms with van der Waals surface area (Å²) in [5.41, 5.74) is 5.49. The van der Waals surface area contributed by atoms with Crippen LogP contribution in [0.25, 0.3) is 0 Å². The summed E-state index contributed by atoms with van der Waals surface area (Å²) in [5.74, 6) is -0.141. The largest absolute Gasteiger partial charge is 0.324 e. The summed E-state index contributed by atoms with van der Waals surface area (Å²) in [6.45, 7) is 6.96. The van der Waals surface area contributed by atoms with E-state index < -0.39 is 0 Å². The standard InChI is InChI=1S/C8H11NO/c1-3-4-5-7(2)8(10)6-9/h3-5H,1-2,6,9H2/b5-4-. The first kappa shape index (κ1) is 8.85. The summed E-state index contributed by atoms with van der Waals surface area (Å²) < 4.78 is 0. The van der Waals surface area contributed by atoms with Gasteiger partial charge in [0.05, 0.1) is 6.54 Å². The van der Waals surface area contributed by atoms with Gasteiger partial charge in [-0.15, -0.1) is 0 Å². The van der Waals surface area contributed by atoms with Gasteiger partial charge in [0.15, 0.2) is 5.78 Å². The Balaban J connectivity index is 3.97. The predicted molar refractivity (Wildman–Crippen MR) is 42.5 cm³/mol. The molecule has 0 rings (SSSR count). The molecule has 0 atom stereocenters. The van der Waals surface area contributed by atoms with Crippen LogP contribution in [0.15, 0.2) is 37.0 Å². The van der Waals surface area contributed by atoms with Crippen molar-refractivity contribution in [1.29, 1.82) is 0 Å². The van der Waals surface area contributed by atoms with Crippen LogP contribution in [-0.2, 0) is 4.79 Å². The Labute approximate surface area is 60.7 Å². The van der Waals surface area contributed by atoms with E-state index in [4.69, 9.17) is 5.73 Å². The van der Waals surface area contributed by atoms with Crippen molar-refractivity contribution in [1.82, 2.24) is 0 Å². The van der Waals surface area contributed by atoms with Crippen LogP contribution in [0.1, 0.15) is 0 Å². The monoisotopic (exact) mass is 137 g/mol. The highest BCUT2D eigenvalue weighted by Crippen LogP contribution is 1.92. The Bertz CT molecular complexity index is 180. The molecule has 2 heteroatoms. The highest BCUT2D eigenvalue weighted by atomic mass is 16.1. The summed E-state index contributed by atoms with van der Waals surface area (Å²) in [6.07, 6.45) is 4.81. The van der Waals surface area contributed by atoms with Gasteiger partial charge in [-0.3, -0.25) is 4.79 Å². The first-order chi connectivity index (χ1) is 4.72. The second kappa shape index (κ2) is 4.70. The van der Waals surface area contributed by atoms with E-state index >= 15 is 0 Å². The summed E-state index contributed by atoms with van der Waals surface area (Å²) in [5, 5.41) is 0. The average molecular weight is 137 g/mol. The number of carbonyl (C=O) groups excluding carboxylic acids is 1. The highest BCUT2D eigenvalue weighted by Gasteiger charge is 1.97. The van der Waals surface area contributed by atoms with E-state index in [-0.39, 0.29) is 12.3 Å². The van der Waals surface area contributed by atoms with E-state index in [1.807, 2.05) is 0 Å². The van der Waals surface area contributed by atoms with Crippen LogP contribution in [0.3, 0.4) is 0 Å². The van der Waals surface area contributed by atoms with Crippen molar-refractivity contribution in [3.63, 3.8) is 0 Å². The van der Waals surface area contributed by atoms with E-state index in [0.717, 1.165) is 0 Å². The Morgan fingerprint density at radius 2 is 2.20 bits per heavy atom. The van der Waals surface area contributed by atoms with Gasteiger partial charge in [0.25, 0.3) is 0 Å². The molecule has 2 nitrogen and oxygen atoms in total. The third-order valence-electron chi connectivity index (χ3n) is 0.977. The van der Waals surface area contributed by atoms with E-state index in [1.54, 1.807) is 18.2 Å². The van der Waals surface area contributed by atoms with Gasteiger partial charge >= 0.3 is 0 Å². The summed E-state index contributed by atoms with van der Waals surface area (Å²) >= 11 is 0. The number of allylic oxidation sites excluding steroid dienone is 3. The van der Waals surface area contributed by atoms with E-state index in [9.17, 15) is 4.79 Å². The van der Waals surface area contributed by atoms with Crippen molar-refractivity contribution >= 4 is 5.78 Å². The molecule has 0 heterocycles. The summed E-state index contributed by atoms with van der Waals surface area (Å²) in [4.78, 5) is 10.7. The minimum absolute atomic E-state index is 0.0142. The van der Waals surface area contributed by atoms with Crippen LogP contribution in [0.5, 0.6) is 0 Å². The minimum atomic E-state index is -0.141. The van der Waals surface area contributed by atoms with Crippen molar-refractivity contribution in [3.05, 3.63) is 37.0 Å². The normalized spacial score (nSPS) is 9.70. The van der Waals surface area contributed by atoms with Crippen LogP contribution < -0.4 is 5.73 Å². The van der Waals surface area contributed by atoms with Crippen LogP contribution in [0.2, 0.25) is 0 Å². The Hall–Kier alpha value is -1.15. The van der Waals surface area contributed by atoms with Gasteiger partial charge in [0, 0.05) is 5.57 Å². The molecule has 0 saturated carbocycles. The number of nitrogens with two attached hydrogens (primary N) is 1. The van der Waals surface area contributed by atoms with E-state index in [1.165, 1.54) is 0 Å². The molecule has 0 radical (unpaired) electrons. The lowest BCUT2D eigenvalue weighted by Gasteiger charge is -1.91. The quantitative estimate of drug-likeness (QED) is 0.460. The summed E-state index contributed by atoms with van der Waals surface area (Å²) in [6, 6.07) is 0. The Morgan fingerprint density at radius 3 is 2.60 bits per heavy atom. The maximum absolute atomic E-state index is 10.7. The number of hydrogen-bond donors (Lipinski definition) is 1. The molecular formula is C8H11NO. The number of Topliss-reactive ketones (excluding diaryl/α,β-unsaturated/α-hetero) is 1. The maximum Gasteiger partial charge on any atom is 0.175 e. The lowest BCUT2D eigenvalue weighted by molar-refractivity contribution is -0.114. The third-order valence-corrected chi connectivity index (χ3v) is 0.977. The van der Waals surface area contributed by atoms with Gasteiger partial charge in [-0.25, -0.2) is 0 Å². The van der Waals surface area contributed by atoms with Crippen LogP contribution in [0, 0.1) is 0 Å². The Kier molecular flexibility index (Phi) is 4.16. The SMILES string of the molecule is C=C/C=C\C(=C)C(=O)CN. The van der Waals surface area contributed by atoms with Gasteiger partial charge in [-0.1, -0.05) is 31.4 Å². The van der Waals surface area contributed by atoms with Crippen molar-refractivity contribution < 1.29 is 4.79 Å². The fraction of sp³-hybridized carbons (Fsp3) is 0.125. The zero-order chi connectivity index (χ0) is 7.98.